The van der Waals surface area contributed by atoms with Crippen LogP contribution in [-0.2, 0) is 0 Å². The van der Waals surface area contributed by atoms with Crippen molar-refractivity contribution in [2.24, 2.45) is 0 Å². The molecule has 0 fully saturated rings. The van der Waals surface area contributed by atoms with Crippen LogP contribution in [-0.4, -0.2) is 11.3 Å². The lowest BCUT2D eigenvalue weighted by Crippen LogP contribution is -2.10. The fourth-order valence-corrected chi connectivity index (χ4v) is 2.13. The first-order chi connectivity index (χ1) is 10.0. The highest BCUT2D eigenvalue weighted by atomic mass is 19.4. The second-order valence-corrected chi connectivity index (χ2v) is 4.53. The van der Waals surface area contributed by atoms with Gasteiger partial charge in [-0.1, -0.05) is 41.6 Å². The highest BCUT2D eigenvalue weighted by Crippen LogP contribution is 2.36. The van der Waals surface area contributed by atoms with E-state index in [1.54, 1.807) is 18.2 Å². The molecule has 1 heterocycles. The normalized spacial score (nSPS) is 12.8. The standard InChI is InChI=1S/C16H10F3NO/c17-16(18,19)15(10-14-7-8-20-21-14)13-6-5-11-3-1-2-4-12(11)9-13/h1-10H. The van der Waals surface area contributed by atoms with Crippen molar-refractivity contribution in [3.63, 3.8) is 0 Å². The number of alkyl halides is 3. The van der Waals surface area contributed by atoms with E-state index in [-0.39, 0.29) is 11.3 Å². The Kier molecular flexibility index (Phi) is 3.25. The van der Waals surface area contributed by atoms with Crippen molar-refractivity contribution in [2.45, 2.75) is 6.18 Å². The van der Waals surface area contributed by atoms with Gasteiger partial charge in [-0.3, -0.25) is 0 Å². The lowest BCUT2D eigenvalue weighted by atomic mass is 10.0. The molecule has 3 rings (SSSR count). The van der Waals surface area contributed by atoms with Gasteiger partial charge in [-0.25, -0.2) is 0 Å². The zero-order chi connectivity index (χ0) is 14.9. The third kappa shape index (κ3) is 2.81. The summed E-state index contributed by atoms with van der Waals surface area (Å²) >= 11 is 0. The van der Waals surface area contributed by atoms with Gasteiger partial charge in [-0.05, 0) is 28.5 Å². The van der Waals surface area contributed by atoms with E-state index in [0.717, 1.165) is 16.8 Å². The SMILES string of the molecule is FC(F)(F)C(=Cc1ccno1)c1ccc2ccccc2c1. The van der Waals surface area contributed by atoms with Gasteiger partial charge < -0.3 is 4.52 Å². The first-order valence-electron chi connectivity index (χ1n) is 6.23. The Morgan fingerprint density at radius 2 is 1.76 bits per heavy atom. The van der Waals surface area contributed by atoms with Crippen molar-refractivity contribution in [1.29, 1.82) is 0 Å². The van der Waals surface area contributed by atoms with Crippen molar-refractivity contribution in [1.82, 2.24) is 5.16 Å². The number of allylic oxidation sites excluding steroid dienone is 1. The summed E-state index contributed by atoms with van der Waals surface area (Å²) in [5, 5.41) is 5.06. The van der Waals surface area contributed by atoms with Gasteiger partial charge in [0.05, 0.1) is 11.8 Å². The molecule has 0 aliphatic heterocycles. The minimum absolute atomic E-state index is 0.0653. The molecule has 5 heteroatoms. The van der Waals surface area contributed by atoms with Gasteiger partial charge in [0, 0.05) is 6.07 Å². The summed E-state index contributed by atoms with van der Waals surface area (Å²) in [5.74, 6) is 0.0653. The van der Waals surface area contributed by atoms with Crippen LogP contribution >= 0.6 is 0 Å². The third-order valence-corrected chi connectivity index (χ3v) is 3.11. The topological polar surface area (TPSA) is 26.0 Å². The number of rotatable bonds is 2. The van der Waals surface area contributed by atoms with Crippen LogP contribution in [0.1, 0.15) is 11.3 Å². The fourth-order valence-electron chi connectivity index (χ4n) is 2.13. The van der Waals surface area contributed by atoms with E-state index in [2.05, 4.69) is 5.16 Å². The Bertz CT molecular complexity index is 789. The van der Waals surface area contributed by atoms with Crippen LogP contribution in [0.25, 0.3) is 22.4 Å². The van der Waals surface area contributed by atoms with E-state index in [1.165, 1.54) is 24.4 Å². The van der Waals surface area contributed by atoms with Crippen LogP contribution < -0.4 is 0 Å². The van der Waals surface area contributed by atoms with Crippen molar-refractivity contribution < 1.29 is 17.7 Å². The van der Waals surface area contributed by atoms with Gasteiger partial charge in [-0.15, -0.1) is 0 Å². The molecular formula is C16H10F3NO. The zero-order valence-electron chi connectivity index (χ0n) is 10.8. The number of nitrogens with zero attached hydrogens (tertiary/aromatic N) is 1. The van der Waals surface area contributed by atoms with Gasteiger partial charge in [0.1, 0.15) is 0 Å². The maximum absolute atomic E-state index is 13.3. The lowest BCUT2D eigenvalue weighted by Gasteiger charge is -2.12. The summed E-state index contributed by atoms with van der Waals surface area (Å²) in [7, 11) is 0. The number of fused-ring (bicyclic) bond motifs is 1. The molecule has 0 radical (unpaired) electrons. The number of halogens is 3. The zero-order valence-corrected chi connectivity index (χ0v) is 10.8. The van der Waals surface area contributed by atoms with E-state index in [0.29, 0.717) is 0 Å². The Morgan fingerprint density at radius 1 is 1.00 bits per heavy atom. The van der Waals surface area contributed by atoms with Crippen LogP contribution in [0, 0.1) is 0 Å². The van der Waals surface area contributed by atoms with Crippen LogP contribution in [0.2, 0.25) is 0 Å². The average molecular weight is 289 g/mol. The summed E-state index contributed by atoms with van der Waals surface area (Å²) in [6.07, 6.45) is -2.22. The third-order valence-electron chi connectivity index (χ3n) is 3.11. The minimum Gasteiger partial charge on any atom is -0.357 e. The van der Waals surface area contributed by atoms with Gasteiger partial charge >= 0.3 is 6.18 Å². The molecule has 0 atom stereocenters. The number of aromatic nitrogens is 1. The number of hydrogen-bond donors (Lipinski definition) is 0. The Balaban J connectivity index is 2.15. The van der Waals surface area contributed by atoms with E-state index >= 15 is 0 Å². The molecule has 3 aromatic rings. The molecule has 2 aromatic carbocycles. The Morgan fingerprint density at radius 3 is 2.43 bits per heavy atom. The number of benzene rings is 2. The van der Waals surface area contributed by atoms with Crippen LogP contribution in [0.5, 0.6) is 0 Å². The molecule has 2 nitrogen and oxygen atoms in total. The molecule has 0 saturated heterocycles. The maximum atomic E-state index is 13.3. The average Bonchev–Trinajstić information content (AvgIpc) is 2.96. The molecule has 0 spiro atoms. The molecule has 21 heavy (non-hydrogen) atoms. The molecule has 0 bridgehead atoms. The van der Waals surface area contributed by atoms with Crippen molar-refractivity contribution in [3.05, 3.63) is 66.1 Å². The predicted octanol–water partition coefficient (Wildman–Crippen LogP) is 4.93. The molecule has 0 aliphatic carbocycles. The summed E-state index contributed by atoms with van der Waals surface area (Å²) in [4.78, 5) is 0. The predicted molar refractivity (Wildman–Crippen MR) is 74.4 cm³/mol. The van der Waals surface area contributed by atoms with Crippen LogP contribution in [0.4, 0.5) is 13.2 Å². The Hall–Kier alpha value is -2.56. The van der Waals surface area contributed by atoms with E-state index in [9.17, 15) is 13.2 Å². The van der Waals surface area contributed by atoms with Crippen LogP contribution in [0.15, 0.2) is 59.3 Å². The molecule has 0 saturated carbocycles. The van der Waals surface area contributed by atoms with E-state index < -0.39 is 11.7 Å². The molecule has 0 N–H and O–H groups in total. The summed E-state index contributed by atoms with van der Waals surface area (Å²) in [5.41, 5.74) is -0.664. The highest BCUT2D eigenvalue weighted by molar-refractivity contribution is 5.90. The fraction of sp³-hybridized carbons (Fsp3) is 0.0625. The van der Waals surface area contributed by atoms with Crippen molar-refractivity contribution in [3.8, 4) is 0 Å². The molecular weight excluding hydrogens is 279 g/mol. The second-order valence-electron chi connectivity index (χ2n) is 4.53. The van der Waals surface area contributed by atoms with Gasteiger partial charge in [0.15, 0.2) is 5.76 Å². The van der Waals surface area contributed by atoms with Crippen LogP contribution in [0.3, 0.4) is 0 Å². The second kappa shape index (κ2) is 5.09. The summed E-state index contributed by atoms with van der Waals surface area (Å²) in [6.45, 7) is 0. The first kappa shape index (κ1) is 13.4. The largest absolute Gasteiger partial charge is 0.417 e. The lowest BCUT2D eigenvalue weighted by molar-refractivity contribution is -0.0683. The smallest absolute Gasteiger partial charge is 0.357 e. The molecule has 0 aliphatic rings. The highest BCUT2D eigenvalue weighted by Gasteiger charge is 2.35. The maximum Gasteiger partial charge on any atom is 0.417 e. The van der Waals surface area contributed by atoms with Gasteiger partial charge in [-0.2, -0.15) is 13.2 Å². The summed E-state index contributed by atoms with van der Waals surface area (Å²) < 4.78 is 44.5. The molecule has 106 valence electrons. The molecule has 1 aromatic heterocycles. The Labute approximate surface area is 118 Å². The summed E-state index contributed by atoms with van der Waals surface area (Å²) in [6, 6.07) is 13.3. The number of hydrogen-bond acceptors (Lipinski definition) is 2. The molecule has 0 unspecified atom stereocenters. The van der Waals surface area contributed by atoms with Gasteiger partial charge in [0.2, 0.25) is 0 Å². The monoisotopic (exact) mass is 289 g/mol. The first-order valence-corrected chi connectivity index (χ1v) is 6.23. The quantitative estimate of drug-likeness (QED) is 0.668. The van der Waals surface area contributed by atoms with E-state index in [1.807, 2.05) is 12.1 Å². The van der Waals surface area contributed by atoms with E-state index in [4.69, 9.17) is 4.52 Å². The minimum atomic E-state index is -4.48. The van der Waals surface area contributed by atoms with Crippen molar-refractivity contribution in [2.75, 3.05) is 0 Å². The van der Waals surface area contributed by atoms with Gasteiger partial charge in [0.25, 0.3) is 0 Å². The molecule has 0 amide bonds. The van der Waals surface area contributed by atoms with Crippen molar-refractivity contribution >= 4 is 22.4 Å².